The van der Waals surface area contributed by atoms with Gasteiger partial charge >= 0.3 is 6.18 Å². The Hall–Kier alpha value is -2.09. The average molecular weight is 305 g/mol. The predicted octanol–water partition coefficient (Wildman–Crippen LogP) is 2.55. The first-order valence-corrected chi connectivity index (χ1v) is 5.68. The van der Waals surface area contributed by atoms with Gasteiger partial charge in [-0.25, -0.2) is 0 Å². The minimum atomic E-state index is -4.51. The van der Waals surface area contributed by atoms with Crippen LogP contribution in [-0.2, 0) is 6.18 Å². The number of carbonyl (C=O) groups is 1. The Morgan fingerprint density at radius 2 is 2.00 bits per heavy atom. The van der Waals surface area contributed by atoms with Gasteiger partial charge in [-0.2, -0.15) is 28.6 Å². The van der Waals surface area contributed by atoms with Crippen molar-refractivity contribution >= 4 is 17.5 Å². The van der Waals surface area contributed by atoms with Crippen LogP contribution in [0.4, 0.5) is 13.2 Å². The van der Waals surface area contributed by atoms with Crippen molar-refractivity contribution < 1.29 is 18.0 Å². The van der Waals surface area contributed by atoms with E-state index in [-0.39, 0.29) is 27.5 Å². The molecule has 0 radical (unpaired) electrons. The summed E-state index contributed by atoms with van der Waals surface area (Å²) in [6.45, 7) is 1.23. The topological polar surface area (TPSA) is 84.7 Å². The average Bonchev–Trinajstić information content (AvgIpc) is 2.79. The number of hydrogen-bond acceptors (Lipinski definition) is 3. The van der Waals surface area contributed by atoms with Crippen LogP contribution in [0, 0.1) is 6.92 Å². The summed E-state index contributed by atoms with van der Waals surface area (Å²) in [5.74, 6) is -0.859. The quantitative estimate of drug-likeness (QED) is 0.894. The minimum absolute atomic E-state index is 0.0133. The van der Waals surface area contributed by atoms with E-state index in [1.54, 1.807) is 0 Å². The first kappa shape index (κ1) is 14.3. The Kier molecular flexibility index (Phi) is 3.43. The van der Waals surface area contributed by atoms with E-state index in [4.69, 9.17) is 17.3 Å². The van der Waals surface area contributed by atoms with E-state index in [0.29, 0.717) is 0 Å². The summed E-state index contributed by atoms with van der Waals surface area (Å²) in [5, 5.41) is 9.27. The molecule has 0 saturated heterocycles. The molecule has 0 aliphatic carbocycles. The molecule has 0 saturated carbocycles. The second-order valence-corrected chi connectivity index (χ2v) is 4.36. The fourth-order valence-electron chi connectivity index (χ4n) is 1.77. The summed E-state index contributed by atoms with van der Waals surface area (Å²) in [6, 6.07) is 2.00. The molecule has 0 aliphatic heterocycles. The van der Waals surface area contributed by atoms with Gasteiger partial charge in [0.1, 0.15) is 5.69 Å². The lowest BCUT2D eigenvalue weighted by Gasteiger charge is -2.13. The molecule has 1 aromatic heterocycles. The number of benzene rings is 1. The largest absolute Gasteiger partial charge is 0.416 e. The molecule has 1 amide bonds. The van der Waals surface area contributed by atoms with Crippen molar-refractivity contribution in [3.05, 3.63) is 34.0 Å². The van der Waals surface area contributed by atoms with E-state index >= 15 is 0 Å². The zero-order valence-electron chi connectivity index (χ0n) is 10.0. The van der Waals surface area contributed by atoms with E-state index in [1.807, 2.05) is 0 Å². The van der Waals surface area contributed by atoms with Gasteiger partial charge in [0, 0.05) is 5.56 Å². The number of hydrogen-bond donors (Lipinski definition) is 2. The van der Waals surface area contributed by atoms with Crippen LogP contribution in [0.15, 0.2) is 12.1 Å². The molecular formula is C11H8ClF3N4O. The maximum absolute atomic E-state index is 12.7. The van der Waals surface area contributed by atoms with Crippen molar-refractivity contribution in [3.8, 4) is 11.3 Å². The Morgan fingerprint density at radius 1 is 1.35 bits per heavy atom. The Labute approximate surface area is 115 Å². The molecule has 1 heterocycles. The van der Waals surface area contributed by atoms with Crippen molar-refractivity contribution in [2.45, 2.75) is 13.1 Å². The Bertz CT molecular complexity index is 681. The molecule has 20 heavy (non-hydrogen) atoms. The van der Waals surface area contributed by atoms with Crippen LogP contribution in [0.25, 0.3) is 11.3 Å². The lowest BCUT2D eigenvalue weighted by molar-refractivity contribution is -0.138. The van der Waals surface area contributed by atoms with Gasteiger partial charge in [0.25, 0.3) is 5.91 Å². The summed E-state index contributed by atoms with van der Waals surface area (Å²) in [7, 11) is 0. The number of nitrogens with two attached hydrogens (primary N) is 1. The standard InChI is InChI=1S/C11H8ClF3N4O/c1-4-6(11(13,14)15)3-2-5(7(4)12)8-9(10(16)20)18-19-17-8/h2-3H,1H3,(H2,16,20)(H,17,18,19). The number of aromatic amines is 1. The molecule has 0 aliphatic rings. The lowest BCUT2D eigenvalue weighted by atomic mass is 10.0. The monoisotopic (exact) mass is 304 g/mol. The number of H-pyrrole nitrogens is 1. The summed E-state index contributed by atoms with van der Waals surface area (Å²) < 4.78 is 38.2. The van der Waals surface area contributed by atoms with Crippen molar-refractivity contribution in [1.29, 1.82) is 0 Å². The number of nitrogens with zero attached hydrogens (tertiary/aromatic N) is 2. The first-order chi connectivity index (χ1) is 9.23. The van der Waals surface area contributed by atoms with E-state index in [1.165, 1.54) is 6.92 Å². The highest BCUT2D eigenvalue weighted by Gasteiger charge is 2.34. The number of alkyl halides is 3. The smallest absolute Gasteiger partial charge is 0.364 e. The molecule has 2 rings (SSSR count). The summed E-state index contributed by atoms with van der Waals surface area (Å²) >= 11 is 5.94. The molecule has 0 atom stereocenters. The molecule has 0 bridgehead atoms. The molecular weight excluding hydrogens is 297 g/mol. The maximum atomic E-state index is 12.7. The van der Waals surface area contributed by atoms with Gasteiger partial charge in [0.15, 0.2) is 5.69 Å². The second-order valence-electron chi connectivity index (χ2n) is 3.98. The summed E-state index contributed by atoms with van der Waals surface area (Å²) in [5.41, 5.74) is 4.07. The number of halogens is 4. The van der Waals surface area contributed by atoms with E-state index in [9.17, 15) is 18.0 Å². The molecule has 0 unspecified atom stereocenters. The third-order valence-corrected chi connectivity index (χ3v) is 3.22. The van der Waals surface area contributed by atoms with Crippen LogP contribution in [0.1, 0.15) is 21.6 Å². The highest BCUT2D eigenvalue weighted by Crippen LogP contribution is 2.39. The van der Waals surface area contributed by atoms with Crippen molar-refractivity contribution in [3.63, 3.8) is 0 Å². The van der Waals surface area contributed by atoms with Crippen LogP contribution in [0.2, 0.25) is 5.02 Å². The van der Waals surface area contributed by atoms with Crippen molar-refractivity contribution in [2.75, 3.05) is 0 Å². The molecule has 2 aromatic rings. The highest BCUT2D eigenvalue weighted by atomic mass is 35.5. The molecule has 0 spiro atoms. The van der Waals surface area contributed by atoms with Gasteiger partial charge in [-0.1, -0.05) is 17.7 Å². The zero-order valence-corrected chi connectivity index (χ0v) is 10.8. The maximum Gasteiger partial charge on any atom is 0.416 e. The number of aromatic nitrogens is 3. The fraction of sp³-hybridized carbons (Fsp3) is 0.182. The molecule has 106 valence electrons. The van der Waals surface area contributed by atoms with Crippen LogP contribution < -0.4 is 5.73 Å². The second kappa shape index (κ2) is 4.78. The number of rotatable bonds is 2. The Morgan fingerprint density at radius 3 is 2.55 bits per heavy atom. The third kappa shape index (κ3) is 2.34. The number of amides is 1. The van der Waals surface area contributed by atoms with Crippen molar-refractivity contribution in [1.82, 2.24) is 15.4 Å². The van der Waals surface area contributed by atoms with Gasteiger partial charge in [0.2, 0.25) is 0 Å². The first-order valence-electron chi connectivity index (χ1n) is 5.30. The van der Waals surface area contributed by atoms with Gasteiger partial charge in [-0.15, -0.1) is 0 Å². The highest BCUT2D eigenvalue weighted by molar-refractivity contribution is 6.34. The van der Waals surface area contributed by atoms with E-state index in [2.05, 4.69) is 15.4 Å². The molecule has 1 aromatic carbocycles. The minimum Gasteiger partial charge on any atom is -0.364 e. The van der Waals surface area contributed by atoms with Crippen LogP contribution in [0.3, 0.4) is 0 Å². The molecule has 9 heteroatoms. The number of nitrogens with one attached hydrogen (secondary N) is 1. The predicted molar refractivity (Wildman–Crippen MR) is 65.1 cm³/mol. The molecule has 3 N–H and O–H groups in total. The van der Waals surface area contributed by atoms with Gasteiger partial charge < -0.3 is 5.73 Å². The molecule has 5 nitrogen and oxygen atoms in total. The zero-order chi connectivity index (χ0) is 15.1. The number of carbonyl (C=O) groups excluding carboxylic acids is 1. The van der Waals surface area contributed by atoms with Crippen LogP contribution in [0.5, 0.6) is 0 Å². The van der Waals surface area contributed by atoms with Gasteiger partial charge in [-0.3, -0.25) is 4.79 Å². The normalized spacial score (nSPS) is 11.7. The van der Waals surface area contributed by atoms with Crippen LogP contribution >= 0.6 is 11.6 Å². The SMILES string of the molecule is Cc1c(C(F)(F)F)ccc(-c2n[nH]nc2C(N)=O)c1Cl. The van der Waals surface area contributed by atoms with Gasteiger partial charge in [0.05, 0.1) is 10.6 Å². The summed E-state index contributed by atoms with van der Waals surface area (Å²) in [6.07, 6.45) is -4.51. The fourth-order valence-corrected chi connectivity index (χ4v) is 2.02. The van der Waals surface area contributed by atoms with Crippen molar-refractivity contribution in [2.24, 2.45) is 5.73 Å². The third-order valence-electron chi connectivity index (χ3n) is 2.73. The van der Waals surface area contributed by atoms with E-state index in [0.717, 1.165) is 12.1 Å². The lowest BCUT2D eigenvalue weighted by Crippen LogP contribution is -2.13. The Balaban J connectivity index is 2.63. The number of primary amides is 1. The van der Waals surface area contributed by atoms with E-state index < -0.39 is 17.6 Å². The van der Waals surface area contributed by atoms with Crippen LogP contribution in [-0.4, -0.2) is 21.3 Å². The molecule has 0 fully saturated rings. The van der Waals surface area contributed by atoms with Gasteiger partial charge in [-0.05, 0) is 18.6 Å². The summed E-state index contributed by atoms with van der Waals surface area (Å²) in [4.78, 5) is 11.2.